The van der Waals surface area contributed by atoms with Gasteiger partial charge >= 0.3 is 0 Å². The zero-order chi connectivity index (χ0) is 12.0. The van der Waals surface area contributed by atoms with E-state index in [0.29, 0.717) is 12.6 Å². The van der Waals surface area contributed by atoms with Crippen LogP contribution in [0.4, 0.5) is 5.69 Å². The Morgan fingerprint density at radius 2 is 2.12 bits per heavy atom. The summed E-state index contributed by atoms with van der Waals surface area (Å²) in [7, 11) is 0. The number of benzene rings is 1. The predicted octanol–water partition coefficient (Wildman–Crippen LogP) is 2.21. The molecule has 0 aromatic heterocycles. The summed E-state index contributed by atoms with van der Waals surface area (Å²) < 4.78 is 5.40. The molecule has 1 aromatic carbocycles. The molecule has 1 aromatic rings. The number of hydrogen-bond donors (Lipinski definition) is 2. The number of anilines is 1. The lowest BCUT2D eigenvalue weighted by Gasteiger charge is -2.13. The van der Waals surface area contributed by atoms with Gasteiger partial charge in [0.1, 0.15) is 5.75 Å². The van der Waals surface area contributed by atoms with Gasteiger partial charge in [-0.25, -0.2) is 0 Å². The summed E-state index contributed by atoms with van der Waals surface area (Å²) in [6, 6.07) is 6.50. The summed E-state index contributed by atoms with van der Waals surface area (Å²) in [6.07, 6.45) is 0.991. The molecular formula is C13H22N2O. The molecule has 3 nitrogen and oxygen atoms in total. The van der Waals surface area contributed by atoms with E-state index in [2.05, 4.69) is 25.2 Å². The van der Waals surface area contributed by atoms with E-state index in [1.165, 1.54) is 5.56 Å². The Hall–Kier alpha value is -1.22. The zero-order valence-corrected chi connectivity index (χ0v) is 10.4. The number of rotatable bonds is 6. The first kappa shape index (κ1) is 12.8. The summed E-state index contributed by atoms with van der Waals surface area (Å²) in [5.41, 5.74) is 7.88. The zero-order valence-electron chi connectivity index (χ0n) is 10.4. The third-order valence-corrected chi connectivity index (χ3v) is 2.47. The van der Waals surface area contributed by atoms with E-state index in [1.54, 1.807) is 0 Å². The van der Waals surface area contributed by atoms with Gasteiger partial charge in [-0.3, -0.25) is 0 Å². The molecule has 0 saturated carbocycles. The van der Waals surface area contributed by atoms with Crippen molar-refractivity contribution in [1.82, 2.24) is 5.32 Å². The molecule has 0 aliphatic heterocycles. The average Bonchev–Trinajstić information content (AvgIpc) is 2.22. The molecule has 0 fully saturated rings. The van der Waals surface area contributed by atoms with E-state index in [0.717, 1.165) is 24.4 Å². The Labute approximate surface area is 98.0 Å². The van der Waals surface area contributed by atoms with E-state index >= 15 is 0 Å². The first-order valence-corrected chi connectivity index (χ1v) is 5.92. The van der Waals surface area contributed by atoms with Crippen LogP contribution in [0.3, 0.4) is 0 Å². The van der Waals surface area contributed by atoms with Crippen molar-refractivity contribution in [3.63, 3.8) is 0 Å². The van der Waals surface area contributed by atoms with Gasteiger partial charge in [0.25, 0.3) is 0 Å². The Kier molecular flexibility index (Phi) is 5.12. The lowest BCUT2D eigenvalue weighted by molar-refractivity contribution is 0.342. The molecule has 3 heteroatoms. The molecule has 0 bridgehead atoms. The van der Waals surface area contributed by atoms with Crippen LogP contribution in [0.15, 0.2) is 18.2 Å². The third-order valence-electron chi connectivity index (χ3n) is 2.47. The minimum atomic E-state index is 0.474. The number of hydrogen-bond acceptors (Lipinski definition) is 3. The normalized spacial score (nSPS) is 12.4. The SMILES string of the molecule is CCNC(C)Cc1ccc(OCC)c(N)c1. The van der Waals surface area contributed by atoms with E-state index < -0.39 is 0 Å². The minimum Gasteiger partial charge on any atom is -0.492 e. The number of nitrogens with two attached hydrogens (primary N) is 1. The first-order chi connectivity index (χ1) is 7.67. The third kappa shape index (κ3) is 3.74. The van der Waals surface area contributed by atoms with Crippen LogP contribution in [-0.4, -0.2) is 19.2 Å². The summed E-state index contributed by atoms with van der Waals surface area (Å²) in [5, 5.41) is 3.38. The standard InChI is InChI=1S/C13H22N2O/c1-4-15-10(3)8-11-6-7-13(16-5-2)12(14)9-11/h6-7,9-10,15H,4-5,8,14H2,1-3H3. The molecule has 16 heavy (non-hydrogen) atoms. The Bertz CT molecular complexity index is 326. The summed E-state index contributed by atoms with van der Waals surface area (Å²) >= 11 is 0. The molecule has 0 aliphatic carbocycles. The van der Waals surface area contributed by atoms with Crippen LogP contribution < -0.4 is 15.8 Å². The maximum atomic E-state index is 5.91. The molecule has 1 unspecified atom stereocenters. The number of ether oxygens (including phenoxy) is 1. The van der Waals surface area contributed by atoms with Gasteiger partial charge in [-0.15, -0.1) is 0 Å². The van der Waals surface area contributed by atoms with Crippen LogP contribution in [0.1, 0.15) is 26.3 Å². The lowest BCUT2D eigenvalue weighted by Crippen LogP contribution is -2.27. The van der Waals surface area contributed by atoms with Crippen molar-refractivity contribution < 1.29 is 4.74 Å². The topological polar surface area (TPSA) is 47.3 Å². The van der Waals surface area contributed by atoms with Gasteiger partial charge in [0.2, 0.25) is 0 Å². The predicted molar refractivity (Wildman–Crippen MR) is 68.9 cm³/mol. The molecule has 0 amide bonds. The van der Waals surface area contributed by atoms with Crippen molar-refractivity contribution in [1.29, 1.82) is 0 Å². The maximum Gasteiger partial charge on any atom is 0.142 e. The molecule has 0 saturated heterocycles. The fraction of sp³-hybridized carbons (Fsp3) is 0.538. The molecular weight excluding hydrogens is 200 g/mol. The molecule has 3 N–H and O–H groups in total. The molecule has 0 radical (unpaired) electrons. The van der Waals surface area contributed by atoms with E-state index in [4.69, 9.17) is 10.5 Å². The fourth-order valence-electron chi connectivity index (χ4n) is 1.79. The van der Waals surface area contributed by atoms with Crippen LogP contribution in [0, 0.1) is 0 Å². The van der Waals surface area contributed by atoms with Gasteiger partial charge in [0, 0.05) is 6.04 Å². The molecule has 1 rings (SSSR count). The smallest absolute Gasteiger partial charge is 0.142 e. The quantitative estimate of drug-likeness (QED) is 0.725. The van der Waals surface area contributed by atoms with E-state index in [9.17, 15) is 0 Å². The molecule has 0 heterocycles. The van der Waals surface area contributed by atoms with Crippen molar-refractivity contribution in [3.8, 4) is 5.75 Å². The number of nitrogens with one attached hydrogen (secondary N) is 1. The highest BCUT2D eigenvalue weighted by Gasteiger charge is 2.05. The number of likely N-dealkylation sites (N-methyl/N-ethyl adjacent to an activating group) is 1. The van der Waals surface area contributed by atoms with Crippen LogP contribution in [0.25, 0.3) is 0 Å². The second kappa shape index (κ2) is 6.38. The molecule has 0 aliphatic rings. The van der Waals surface area contributed by atoms with Crippen molar-refractivity contribution in [2.45, 2.75) is 33.2 Å². The Morgan fingerprint density at radius 1 is 1.38 bits per heavy atom. The summed E-state index contributed by atoms with van der Waals surface area (Å²) in [6.45, 7) is 7.89. The van der Waals surface area contributed by atoms with Crippen LogP contribution in [0.5, 0.6) is 5.75 Å². The Morgan fingerprint density at radius 3 is 2.69 bits per heavy atom. The van der Waals surface area contributed by atoms with Crippen molar-refractivity contribution in [3.05, 3.63) is 23.8 Å². The lowest BCUT2D eigenvalue weighted by atomic mass is 10.1. The second-order valence-electron chi connectivity index (χ2n) is 3.97. The molecule has 0 spiro atoms. The first-order valence-electron chi connectivity index (χ1n) is 5.92. The van der Waals surface area contributed by atoms with Gasteiger partial charge < -0.3 is 15.8 Å². The van der Waals surface area contributed by atoms with Crippen molar-refractivity contribution >= 4 is 5.69 Å². The van der Waals surface area contributed by atoms with Crippen LogP contribution >= 0.6 is 0 Å². The highest BCUT2D eigenvalue weighted by Crippen LogP contribution is 2.23. The Balaban J connectivity index is 2.65. The maximum absolute atomic E-state index is 5.91. The fourth-order valence-corrected chi connectivity index (χ4v) is 1.79. The van der Waals surface area contributed by atoms with Gasteiger partial charge in [-0.05, 0) is 44.5 Å². The highest BCUT2D eigenvalue weighted by molar-refractivity contribution is 5.54. The van der Waals surface area contributed by atoms with Gasteiger partial charge in [0.15, 0.2) is 0 Å². The van der Waals surface area contributed by atoms with Crippen molar-refractivity contribution in [2.75, 3.05) is 18.9 Å². The molecule has 1 atom stereocenters. The molecule has 90 valence electrons. The van der Waals surface area contributed by atoms with Crippen molar-refractivity contribution in [2.24, 2.45) is 0 Å². The average molecular weight is 222 g/mol. The summed E-state index contributed by atoms with van der Waals surface area (Å²) in [4.78, 5) is 0. The minimum absolute atomic E-state index is 0.474. The van der Waals surface area contributed by atoms with Crippen LogP contribution in [0.2, 0.25) is 0 Å². The van der Waals surface area contributed by atoms with E-state index in [1.807, 2.05) is 19.1 Å². The monoisotopic (exact) mass is 222 g/mol. The highest BCUT2D eigenvalue weighted by atomic mass is 16.5. The van der Waals surface area contributed by atoms with Crippen LogP contribution in [-0.2, 0) is 6.42 Å². The number of nitrogen functional groups attached to an aromatic ring is 1. The van der Waals surface area contributed by atoms with Gasteiger partial charge in [-0.1, -0.05) is 13.0 Å². The van der Waals surface area contributed by atoms with E-state index in [-0.39, 0.29) is 0 Å². The largest absolute Gasteiger partial charge is 0.492 e. The summed E-state index contributed by atoms with van der Waals surface area (Å²) in [5.74, 6) is 0.780. The van der Waals surface area contributed by atoms with Gasteiger partial charge in [0.05, 0.1) is 12.3 Å². The van der Waals surface area contributed by atoms with Gasteiger partial charge in [-0.2, -0.15) is 0 Å². The second-order valence-corrected chi connectivity index (χ2v) is 3.97.